The number of furan rings is 1. The molecule has 1 aliphatic rings. The van der Waals surface area contributed by atoms with Crippen LogP contribution in [-0.4, -0.2) is 23.7 Å². The van der Waals surface area contributed by atoms with Crippen molar-refractivity contribution in [3.05, 3.63) is 18.4 Å². The molecule has 0 spiro atoms. The maximum absolute atomic E-state index is 10.8. The van der Waals surface area contributed by atoms with Crippen molar-refractivity contribution < 1.29 is 14.3 Å². The number of anilines is 1. The third kappa shape index (κ3) is 1.39. The maximum atomic E-state index is 10.8. The predicted molar refractivity (Wildman–Crippen MR) is 46.7 cm³/mol. The molecule has 0 radical (unpaired) electrons. The van der Waals surface area contributed by atoms with Gasteiger partial charge in [-0.3, -0.25) is 0 Å². The average Bonchev–Trinajstić information content (AvgIpc) is 2.74. The van der Waals surface area contributed by atoms with Crippen molar-refractivity contribution in [3.8, 4) is 0 Å². The fourth-order valence-corrected chi connectivity index (χ4v) is 1.72. The monoisotopic (exact) mass is 181 g/mol. The number of carbonyl (C=O) groups is 1. The molecule has 1 saturated heterocycles. The maximum Gasteiger partial charge on any atom is 0.326 e. The summed E-state index contributed by atoms with van der Waals surface area (Å²) in [5.74, 6) is -0.112. The van der Waals surface area contributed by atoms with Crippen molar-refractivity contribution in [2.24, 2.45) is 0 Å². The summed E-state index contributed by atoms with van der Waals surface area (Å²) in [5, 5.41) is 8.90. The summed E-state index contributed by atoms with van der Waals surface area (Å²) >= 11 is 0. The van der Waals surface area contributed by atoms with Crippen LogP contribution in [0, 0.1) is 0 Å². The van der Waals surface area contributed by atoms with Gasteiger partial charge in [0, 0.05) is 12.6 Å². The number of carboxylic acid groups (broad SMARTS) is 1. The van der Waals surface area contributed by atoms with E-state index >= 15 is 0 Å². The summed E-state index contributed by atoms with van der Waals surface area (Å²) in [6, 6.07) is 3.15. The van der Waals surface area contributed by atoms with Crippen LogP contribution in [0.4, 0.5) is 5.88 Å². The smallest absolute Gasteiger partial charge is 0.326 e. The van der Waals surface area contributed by atoms with E-state index in [2.05, 4.69) is 0 Å². The zero-order valence-electron chi connectivity index (χ0n) is 7.14. The molecule has 1 unspecified atom stereocenters. The highest BCUT2D eigenvalue weighted by Crippen LogP contribution is 2.25. The minimum atomic E-state index is -0.770. The molecule has 1 fully saturated rings. The second-order valence-corrected chi connectivity index (χ2v) is 3.14. The summed E-state index contributed by atoms with van der Waals surface area (Å²) < 4.78 is 5.16. The molecule has 0 aromatic carbocycles. The number of carboxylic acids is 1. The summed E-state index contributed by atoms with van der Waals surface area (Å²) in [6.07, 6.45) is 3.18. The van der Waals surface area contributed by atoms with Crippen LogP contribution in [0.2, 0.25) is 0 Å². The Morgan fingerprint density at radius 1 is 1.69 bits per heavy atom. The van der Waals surface area contributed by atoms with Crippen LogP contribution in [0.25, 0.3) is 0 Å². The Morgan fingerprint density at radius 3 is 3.15 bits per heavy atom. The van der Waals surface area contributed by atoms with Crippen LogP contribution < -0.4 is 4.90 Å². The molecule has 0 amide bonds. The molecule has 0 aliphatic carbocycles. The Balaban J connectivity index is 2.19. The zero-order valence-corrected chi connectivity index (χ0v) is 7.14. The van der Waals surface area contributed by atoms with Gasteiger partial charge in [0.25, 0.3) is 0 Å². The molecule has 4 heteroatoms. The highest BCUT2D eigenvalue weighted by molar-refractivity contribution is 5.78. The van der Waals surface area contributed by atoms with Gasteiger partial charge in [-0.2, -0.15) is 0 Å². The lowest BCUT2D eigenvalue weighted by atomic mass is 10.2. The van der Waals surface area contributed by atoms with Crippen molar-refractivity contribution in [3.63, 3.8) is 0 Å². The van der Waals surface area contributed by atoms with Crippen LogP contribution in [0.1, 0.15) is 12.8 Å². The molecule has 13 heavy (non-hydrogen) atoms. The summed E-state index contributed by atoms with van der Waals surface area (Å²) in [6.45, 7) is 0.768. The normalized spacial score (nSPS) is 22.2. The van der Waals surface area contributed by atoms with Gasteiger partial charge < -0.3 is 14.4 Å². The highest BCUT2D eigenvalue weighted by Gasteiger charge is 2.31. The summed E-state index contributed by atoms with van der Waals surface area (Å²) in [7, 11) is 0. The molecular weight excluding hydrogens is 170 g/mol. The second kappa shape index (κ2) is 3.12. The van der Waals surface area contributed by atoms with Gasteiger partial charge >= 0.3 is 5.97 Å². The average molecular weight is 181 g/mol. The van der Waals surface area contributed by atoms with E-state index < -0.39 is 12.0 Å². The molecule has 1 aromatic heterocycles. The van der Waals surface area contributed by atoms with Crippen molar-refractivity contribution in [1.29, 1.82) is 0 Å². The lowest BCUT2D eigenvalue weighted by Crippen LogP contribution is -2.35. The molecule has 2 rings (SSSR count). The topological polar surface area (TPSA) is 53.7 Å². The van der Waals surface area contributed by atoms with Crippen LogP contribution in [0.3, 0.4) is 0 Å². The number of rotatable bonds is 2. The van der Waals surface area contributed by atoms with E-state index in [1.54, 1.807) is 23.3 Å². The third-order valence-electron chi connectivity index (χ3n) is 2.33. The standard InChI is InChI=1S/C9H11NO3/c11-9(12)7-3-1-5-10(7)8-4-2-6-13-8/h2,4,6-7H,1,3,5H2,(H,11,12). The van der Waals surface area contributed by atoms with Crippen LogP contribution in [0.5, 0.6) is 0 Å². The van der Waals surface area contributed by atoms with Crippen molar-refractivity contribution in [2.75, 3.05) is 11.4 Å². The van der Waals surface area contributed by atoms with E-state index in [0.717, 1.165) is 13.0 Å². The molecule has 2 heterocycles. The molecule has 0 saturated carbocycles. The van der Waals surface area contributed by atoms with Crippen molar-refractivity contribution in [1.82, 2.24) is 0 Å². The van der Waals surface area contributed by atoms with Crippen molar-refractivity contribution in [2.45, 2.75) is 18.9 Å². The lowest BCUT2D eigenvalue weighted by Gasteiger charge is -2.19. The first-order chi connectivity index (χ1) is 6.29. The molecule has 1 aromatic rings. The Kier molecular flexibility index (Phi) is 1.96. The molecule has 4 nitrogen and oxygen atoms in total. The fraction of sp³-hybridized carbons (Fsp3) is 0.444. The van der Waals surface area contributed by atoms with Gasteiger partial charge in [0.05, 0.1) is 6.26 Å². The number of hydrogen-bond acceptors (Lipinski definition) is 3. The minimum absolute atomic E-state index is 0.411. The zero-order chi connectivity index (χ0) is 9.26. The van der Waals surface area contributed by atoms with E-state index in [9.17, 15) is 4.79 Å². The van der Waals surface area contributed by atoms with Gasteiger partial charge in [0.1, 0.15) is 6.04 Å². The van der Waals surface area contributed by atoms with E-state index in [4.69, 9.17) is 9.52 Å². The Bertz CT molecular complexity index is 294. The SMILES string of the molecule is O=C(O)C1CCCN1c1ccco1. The molecule has 1 N–H and O–H groups in total. The van der Waals surface area contributed by atoms with Gasteiger partial charge in [-0.05, 0) is 18.9 Å². The molecular formula is C9H11NO3. The highest BCUT2D eigenvalue weighted by atomic mass is 16.4. The number of nitrogens with zero attached hydrogens (tertiary/aromatic N) is 1. The first-order valence-corrected chi connectivity index (χ1v) is 4.32. The molecule has 1 aliphatic heterocycles. The lowest BCUT2D eigenvalue weighted by molar-refractivity contribution is -0.138. The van der Waals surface area contributed by atoms with Gasteiger partial charge in [0.15, 0.2) is 5.88 Å². The van der Waals surface area contributed by atoms with Crippen molar-refractivity contribution >= 4 is 11.9 Å². The molecule has 0 bridgehead atoms. The summed E-state index contributed by atoms with van der Waals surface area (Å²) in [5.41, 5.74) is 0. The minimum Gasteiger partial charge on any atom is -0.480 e. The molecule has 1 atom stereocenters. The first-order valence-electron chi connectivity index (χ1n) is 4.32. The van der Waals surface area contributed by atoms with Crippen LogP contribution in [0.15, 0.2) is 22.8 Å². The van der Waals surface area contributed by atoms with E-state index in [-0.39, 0.29) is 0 Å². The van der Waals surface area contributed by atoms with Gasteiger partial charge in [-0.15, -0.1) is 0 Å². The Morgan fingerprint density at radius 2 is 2.54 bits per heavy atom. The largest absolute Gasteiger partial charge is 0.480 e. The Labute approximate surface area is 75.8 Å². The first kappa shape index (κ1) is 8.16. The Hall–Kier alpha value is -1.45. The van der Waals surface area contributed by atoms with Crippen LogP contribution >= 0.6 is 0 Å². The fourth-order valence-electron chi connectivity index (χ4n) is 1.72. The predicted octanol–water partition coefficient (Wildman–Crippen LogP) is 1.33. The second-order valence-electron chi connectivity index (χ2n) is 3.14. The van der Waals surface area contributed by atoms with Gasteiger partial charge in [-0.1, -0.05) is 0 Å². The van der Waals surface area contributed by atoms with E-state index in [1.165, 1.54) is 0 Å². The summed E-state index contributed by atoms with van der Waals surface area (Å²) in [4.78, 5) is 12.6. The van der Waals surface area contributed by atoms with Gasteiger partial charge in [-0.25, -0.2) is 4.79 Å². The third-order valence-corrected chi connectivity index (χ3v) is 2.33. The number of aliphatic carboxylic acids is 1. The van der Waals surface area contributed by atoms with Gasteiger partial charge in [0.2, 0.25) is 0 Å². The van der Waals surface area contributed by atoms with E-state index in [0.29, 0.717) is 12.3 Å². The quantitative estimate of drug-likeness (QED) is 0.747. The van der Waals surface area contributed by atoms with Crippen LogP contribution in [-0.2, 0) is 4.79 Å². The number of hydrogen-bond donors (Lipinski definition) is 1. The van der Waals surface area contributed by atoms with E-state index in [1.807, 2.05) is 0 Å². The molecule has 70 valence electrons.